The number of nitrogens with one attached hydrogen (secondary N) is 2. The van der Waals surface area contributed by atoms with Crippen molar-refractivity contribution in [2.75, 3.05) is 20.3 Å². The number of nitriles is 1. The number of amides is 2. The normalized spacial score (nSPS) is 12.0. The van der Waals surface area contributed by atoms with Gasteiger partial charge in [0.1, 0.15) is 11.6 Å². The number of urea groups is 1. The van der Waals surface area contributed by atoms with Crippen molar-refractivity contribution in [1.82, 2.24) is 25.2 Å². The Balaban J connectivity index is 1.94. The van der Waals surface area contributed by atoms with Gasteiger partial charge in [-0.2, -0.15) is 10.4 Å². The molecule has 2 heterocycles. The van der Waals surface area contributed by atoms with Crippen molar-refractivity contribution in [3.8, 4) is 6.07 Å². The van der Waals surface area contributed by atoms with Crippen LogP contribution >= 0.6 is 0 Å². The molecule has 0 bridgehead atoms. The summed E-state index contributed by atoms with van der Waals surface area (Å²) in [4.78, 5) is 16.1. The van der Waals surface area contributed by atoms with Gasteiger partial charge in [0.25, 0.3) is 0 Å². The average molecular weight is 344 g/mol. The Labute approximate surface area is 147 Å². The second kappa shape index (κ2) is 8.44. The van der Waals surface area contributed by atoms with Crippen LogP contribution in [0.4, 0.5) is 4.79 Å². The molecule has 0 aliphatic heterocycles. The molecule has 2 amide bonds. The van der Waals surface area contributed by atoms with E-state index in [1.54, 1.807) is 11.6 Å². The molecule has 0 aliphatic rings. The topological polar surface area (TPSA) is 104 Å². The summed E-state index contributed by atoms with van der Waals surface area (Å²) in [5.74, 6) is 0. The fourth-order valence-corrected chi connectivity index (χ4v) is 2.68. The van der Waals surface area contributed by atoms with Gasteiger partial charge in [-0.15, -0.1) is 0 Å². The van der Waals surface area contributed by atoms with E-state index in [0.29, 0.717) is 42.9 Å². The van der Waals surface area contributed by atoms with Crippen molar-refractivity contribution in [3.05, 3.63) is 28.7 Å². The highest BCUT2D eigenvalue weighted by Crippen LogP contribution is 2.16. The Bertz CT molecular complexity index is 793. The summed E-state index contributed by atoms with van der Waals surface area (Å²) in [6, 6.07) is 3.85. The summed E-state index contributed by atoms with van der Waals surface area (Å²) in [7, 11) is 1.59. The lowest BCUT2D eigenvalue weighted by Gasteiger charge is -2.13. The molecule has 8 heteroatoms. The van der Waals surface area contributed by atoms with Crippen LogP contribution in [0, 0.1) is 25.2 Å². The molecule has 0 aliphatic carbocycles. The minimum absolute atomic E-state index is 0.0501. The van der Waals surface area contributed by atoms with Gasteiger partial charge in [0.05, 0.1) is 18.3 Å². The van der Waals surface area contributed by atoms with Crippen molar-refractivity contribution >= 4 is 11.7 Å². The van der Waals surface area contributed by atoms with Gasteiger partial charge < -0.3 is 15.4 Å². The van der Waals surface area contributed by atoms with Gasteiger partial charge in [0.15, 0.2) is 5.65 Å². The van der Waals surface area contributed by atoms with Crippen LogP contribution in [-0.2, 0) is 11.2 Å². The average Bonchev–Trinajstić information content (AvgIpc) is 2.89. The predicted molar refractivity (Wildman–Crippen MR) is 93.4 cm³/mol. The monoisotopic (exact) mass is 344 g/mol. The van der Waals surface area contributed by atoms with Crippen molar-refractivity contribution in [3.63, 3.8) is 0 Å². The Morgan fingerprint density at radius 2 is 2.24 bits per heavy atom. The molecule has 0 radical (unpaired) electrons. The molecule has 0 saturated heterocycles. The number of carbonyl (C=O) groups is 1. The minimum Gasteiger partial charge on any atom is -0.383 e. The second-order valence-electron chi connectivity index (χ2n) is 6.07. The summed E-state index contributed by atoms with van der Waals surface area (Å²) >= 11 is 0. The predicted octanol–water partition coefficient (Wildman–Crippen LogP) is 1.48. The van der Waals surface area contributed by atoms with Crippen LogP contribution in [-0.4, -0.2) is 46.9 Å². The second-order valence-corrected chi connectivity index (χ2v) is 6.07. The maximum absolute atomic E-state index is 11.7. The number of rotatable bonds is 7. The molecule has 0 spiro atoms. The Morgan fingerprint density at radius 1 is 1.48 bits per heavy atom. The number of carbonyl (C=O) groups excluding carboxylic acids is 1. The van der Waals surface area contributed by atoms with E-state index in [-0.39, 0.29) is 12.1 Å². The van der Waals surface area contributed by atoms with Gasteiger partial charge in [-0.3, -0.25) is 0 Å². The van der Waals surface area contributed by atoms with Crippen LogP contribution in [0.15, 0.2) is 6.07 Å². The van der Waals surface area contributed by atoms with Gasteiger partial charge in [0.2, 0.25) is 0 Å². The van der Waals surface area contributed by atoms with E-state index in [1.165, 1.54) is 0 Å². The van der Waals surface area contributed by atoms with E-state index in [9.17, 15) is 10.1 Å². The first-order valence-electron chi connectivity index (χ1n) is 8.25. The largest absolute Gasteiger partial charge is 0.383 e. The van der Waals surface area contributed by atoms with Gasteiger partial charge in [0, 0.05) is 25.0 Å². The SMILES string of the molecule is COC[C@@H](C)NC(=O)NCCCc1nn2c(C)cc(C)nc2c1C#N. The highest BCUT2D eigenvalue weighted by molar-refractivity contribution is 5.74. The van der Waals surface area contributed by atoms with E-state index in [2.05, 4.69) is 26.8 Å². The Kier molecular flexibility index (Phi) is 6.31. The number of methoxy groups -OCH3 is 1. The molecule has 1 atom stereocenters. The van der Waals surface area contributed by atoms with Crippen LogP contribution in [0.1, 0.15) is 36.0 Å². The third-order valence-corrected chi connectivity index (χ3v) is 3.75. The molecular weight excluding hydrogens is 320 g/mol. The summed E-state index contributed by atoms with van der Waals surface area (Å²) < 4.78 is 6.67. The third kappa shape index (κ3) is 4.67. The highest BCUT2D eigenvalue weighted by atomic mass is 16.5. The fraction of sp³-hybridized carbons (Fsp3) is 0.529. The first-order chi connectivity index (χ1) is 12.0. The number of ether oxygens (including phenoxy) is 1. The van der Waals surface area contributed by atoms with Crippen LogP contribution in [0.25, 0.3) is 5.65 Å². The number of fused-ring (bicyclic) bond motifs is 1. The molecular formula is C17H24N6O2. The lowest BCUT2D eigenvalue weighted by Crippen LogP contribution is -2.42. The first kappa shape index (κ1) is 18.7. The molecule has 25 heavy (non-hydrogen) atoms. The van der Waals surface area contributed by atoms with Crippen molar-refractivity contribution < 1.29 is 9.53 Å². The van der Waals surface area contributed by atoms with Crippen LogP contribution in [0.3, 0.4) is 0 Å². The third-order valence-electron chi connectivity index (χ3n) is 3.75. The molecule has 2 aromatic rings. The lowest BCUT2D eigenvalue weighted by molar-refractivity contribution is 0.171. The molecule has 0 unspecified atom stereocenters. The van der Waals surface area contributed by atoms with E-state index >= 15 is 0 Å². The quantitative estimate of drug-likeness (QED) is 0.741. The molecule has 0 aromatic carbocycles. The summed E-state index contributed by atoms with van der Waals surface area (Å²) in [6.07, 6.45) is 1.28. The van der Waals surface area contributed by atoms with Crippen LogP contribution in [0.2, 0.25) is 0 Å². The van der Waals surface area contributed by atoms with Crippen molar-refractivity contribution in [1.29, 1.82) is 5.26 Å². The molecule has 134 valence electrons. The van der Waals surface area contributed by atoms with E-state index in [1.807, 2.05) is 26.8 Å². The van der Waals surface area contributed by atoms with Gasteiger partial charge in [-0.1, -0.05) is 0 Å². The maximum Gasteiger partial charge on any atom is 0.315 e. The number of aryl methyl sites for hydroxylation is 3. The summed E-state index contributed by atoms with van der Waals surface area (Å²) in [6.45, 7) is 6.67. The van der Waals surface area contributed by atoms with E-state index in [0.717, 1.165) is 11.4 Å². The smallest absolute Gasteiger partial charge is 0.315 e. The van der Waals surface area contributed by atoms with Crippen molar-refractivity contribution in [2.24, 2.45) is 0 Å². The van der Waals surface area contributed by atoms with Gasteiger partial charge >= 0.3 is 6.03 Å². The molecule has 8 nitrogen and oxygen atoms in total. The molecule has 2 aromatic heterocycles. The zero-order chi connectivity index (χ0) is 18.4. The molecule has 0 saturated carbocycles. The number of nitrogens with zero attached hydrogens (tertiary/aromatic N) is 4. The maximum atomic E-state index is 11.7. The minimum atomic E-state index is -0.229. The van der Waals surface area contributed by atoms with E-state index < -0.39 is 0 Å². The highest BCUT2D eigenvalue weighted by Gasteiger charge is 2.15. The molecule has 2 rings (SSSR count). The van der Waals surface area contributed by atoms with Gasteiger partial charge in [-0.25, -0.2) is 14.3 Å². The summed E-state index contributed by atoms with van der Waals surface area (Å²) in [5, 5.41) is 19.5. The van der Waals surface area contributed by atoms with E-state index in [4.69, 9.17) is 4.74 Å². The molecule has 0 fully saturated rings. The van der Waals surface area contributed by atoms with Crippen LogP contribution in [0.5, 0.6) is 0 Å². The van der Waals surface area contributed by atoms with Gasteiger partial charge in [-0.05, 0) is 39.7 Å². The first-order valence-corrected chi connectivity index (χ1v) is 8.25. The Hall–Kier alpha value is -2.66. The fourth-order valence-electron chi connectivity index (χ4n) is 2.68. The zero-order valence-corrected chi connectivity index (χ0v) is 15.1. The summed E-state index contributed by atoms with van der Waals surface area (Å²) in [5.41, 5.74) is 3.60. The number of hydrogen-bond donors (Lipinski definition) is 2. The zero-order valence-electron chi connectivity index (χ0n) is 15.1. The lowest BCUT2D eigenvalue weighted by atomic mass is 10.1. The standard InChI is InChI=1S/C17H24N6O2/c1-11-8-13(3)23-16(20-11)14(9-18)15(22-23)6-5-7-19-17(24)21-12(2)10-25-4/h8,12H,5-7,10H2,1-4H3,(H2,19,21,24)/t12-/m1/s1. The number of aromatic nitrogens is 3. The Morgan fingerprint density at radius 3 is 2.92 bits per heavy atom. The number of hydrogen-bond acceptors (Lipinski definition) is 5. The van der Waals surface area contributed by atoms with Crippen molar-refractivity contribution in [2.45, 2.75) is 39.7 Å². The molecule has 2 N–H and O–H groups in total. The van der Waals surface area contributed by atoms with Crippen LogP contribution < -0.4 is 10.6 Å².